The van der Waals surface area contributed by atoms with E-state index < -0.39 is 17.8 Å². The molecular formula is C31H46N4O4. The summed E-state index contributed by atoms with van der Waals surface area (Å²) in [5, 5.41) is 9.54. The van der Waals surface area contributed by atoms with Crippen LogP contribution in [0, 0.1) is 0 Å². The lowest BCUT2D eigenvalue weighted by atomic mass is 9.95. The summed E-state index contributed by atoms with van der Waals surface area (Å²) in [6, 6.07) is 20.6. The van der Waals surface area contributed by atoms with Crippen LogP contribution in [-0.4, -0.2) is 67.5 Å². The molecule has 2 aromatic rings. The molecule has 3 N–H and O–H groups in total. The fraction of sp³-hybridized carbons (Fsp3) is 0.548. The molecule has 3 rings (SSSR count). The first kappa shape index (κ1) is 30.4. The molecule has 8 nitrogen and oxygen atoms in total. The van der Waals surface area contributed by atoms with Crippen molar-refractivity contribution < 1.29 is 19.1 Å². The van der Waals surface area contributed by atoms with E-state index in [1.807, 2.05) is 51.1 Å². The van der Waals surface area contributed by atoms with Gasteiger partial charge in [0.15, 0.2) is 0 Å². The number of nitrogens with one attached hydrogen (secondary N) is 3. The second-order valence-corrected chi connectivity index (χ2v) is 11.3. The van der Waals surface area contributed by atoms with Crippen molar-refractivity contribution >= 4 is 12.2 Å². The minimum atomic E-state index is -0.528. The summed E-state index contributed by atoms with van der Waals surface area (Å²) in [6.07, 6.45) is 1.91. The molecule has 1 saturated heterocycles. The van der Waals surface area contributed by atoms with Gasteiger partial charge in [-0.25, -0.2) is 9.59 Å². The van der Waals surface area contributed by atoms with Gasteiger partial charge in [-0.1, -0.05) is 67.6 Å². The number of rotatable bonds is 11. The number of hydrogen-bond acceptors (Lipinski definition) is 6. The average molecular weight is 539 g/mol. The summed E-state index contributed by atoms with van der Waals surface area (Å²) in [5.74, 6) is 0.453. The van der Waals surface area contributed by atoms with Crippen molar-refractivity contribution in [3.8, 4) is 0 Å². The number of hydrogen-bond donors (Lipinski definition) is 3. The fourth-order valence-corrected chi connectivity index (χ4v) is 4.86. The lowest BCUT2D eigenvalue weighted by Crippen LogP contribution is -2.47. The average Bonchev–Trinajstić information content (AvgIpc) is 3.11. The molecule has 2 amide bonds. The molecule has 0 bridgehead atoms. The van der Waals surface area contributed by atoms with Crippen molar-refractivity contribution in [3.05, 3.63) is 71.8 Å². The molecule has 1 heterocycles. The summed E-state index contributed by atoms with van der Waals surface area (Å²) >= 11 is 0. The molecule has 1 aliphatic heterocycles. The summed E-state index contributed by atoms with van der Waals surface area (Å²) in [6.45, 7) is 11.8. The Labute approximate surface area is 233 Å². The van der Waals surface area contributed by atoms with E-state index in [-0.39, 0.29) is 18.7 Å². The molecule has 39 heavy (non-hydrogen) atoms. The quantitative estimate of drug-likeness (QED) is 0.371. The van der Waals surface area contributed by atoms with E-state index in [1.165, 1.54) is 5.56 Å². The molecule has 0 aliphatic carbocycles. The van der Waals surface area contributed by atoms with Crippen molar-refractivity contribution in [2.24, 2.45) is 0 Å². The number of benzene rings is 2. The first-order valence-electron chi connectivity index (χ1n) is 14.2. The molecule has 1 fully saturated rings. The lowest BCUT2D eigenvalue weighted by molar-refractivity contribution is 0.0525. The standard InChI is InChI=1S/C31H46N4O4/c1-5-25(26-14-10-7-11-15-26)21-35-19-17-27(20-33-29(36)38-23-24-12-8-6-9-13-24)34-28(22-35)16-18-32-30(37)39-31(2,3)4/h6-15,25,27-28,34H,5,16-23H2,1-4H3,(H,32,37)(H,33,36)/t25?,27-,28-/m0/s1. The molecule has 0 saturated carbocycles. The summed E-state index contributed by atoms with van der Waals surface area (Å²) < 4.78 is 10.8. The van der Waals surface area contributed by atoms with Gasteiger partial charge in [-0.15, -0.1) is 0 Å². The Kier molecular flexibility index (Phi) is 12.1. The predicted octanol–water partition coefficient (Wildman–Crippen LogP) is 5.05. The van der Waals surface area contributed by atoms with Crippen LogP contribution in [0.4, 0.5) is 9.59 Å². The maximum absolute atomic E-state index is 12.4. The maximum atomic E-state index is 12.4. The lowest BCUT2D eigenvalue weighted by Gasteiger charge is -2.28. The van der Waals surface area contributed by atoms with Crippen molar-refractivity contribution in [1.82, 2.24) is 20.9 Å². The normalized spacial score (nSPS) is 19.0. The van der Waals surface area contributed by atoms with Gasteiger partial charge in [-0.05, 0) is 63.6 Å². The minimum Gasteiger partial charge on any atom is -0.445 e. The van der Waals surface area contributed by atoms with Crippen LogP contribution in [0.25, 0.3) is 0 Å². The topological polar surface area (TPSA) is 91.9 Å². The van der Waals surface area contributed by atoms with Gasteiger partial charge in [0, 0.05) is 38.3 Å². The van der Waals surface area contributed by atoms with Crippen LogP contribution in [-0.2, 0) is 16.1 Å². The Morgan fingerprint density at radius 2 is 1.69 bits per heavy atom. The Bertz CT molecular complexity index is 997. The van der Waals surface area contributed by atoms with E-state index in [0.29, 0.717) is 19.0 Å². The molecule has 1 unspecified atom stereocenters. The number of carbonyl (C=O) groups is 2. The van der Waals surface area contributed by atoms with E-state index in [9.17, 15) is 9.59 Å². The van der Waals surface area contributed by atoms with Gasteiger partial charge in [-0.3, -0.25) is 0 Å². The molecule has 214 valence electrons. The largest absolute Gasteiger partial charge is 0.445 e. The van der Waals surface area contributed by atoms with Crippen LogP contribution in [0.3, 0.4) is 0 Å². The molecule has 2 aromatic carbocycles. The minimum absolute atomic E-state index is 0.0996. The summed E-state index contributed by atoms with van der Waals surface area (Å²) in [5.41, 5.74) is 1.79. The number of carbonyl (C=O) groups excluding carboxylic acids is 2. The Morgan fingerprint density at radius 1 is 1.00 bits per heavy atom. The van der Waals surface area contributed by atoms with Crippen molar-refractivity contribution in [1.29, 1.82) is 0 Å². The highest BCUT2D eigenvalue weighted by atomic mass is 16.6. The molecule has 0 aromatic heterocycles. The number of amides is 2. The third kappa shape index (κ3) is 11.7. The Hall–Kier alpha value is -3.10. The van der Waals surface area contributed by atoms with Gasteiger partial charge in [-0.2, -0.15) is 0 Å². The van der Waals surface area contributed by atoms with Gasteiger partial charge < -0.3 is 30.3 Å². The molecule has 0 spiro atoms. The Balaban J connectivity index is 1.56. The van der Waals surface area contributed by atoms with Crippen molar-refractivity contribution in [2.45, 2.75) is 77.2 Å². The molecule has 0 radical (unpaired) electrons. The van der Waals surface area contributed by atoms with Gasteiger partial charge in [0.25, 0.3) is 0 Å². The van der Waals surface area contributed by atoms with E-state index in [4.69, 9.17) is 9.47 Å². The van der Waals surface area contributed by atoms with Crippen LogP contribution in [0.2, 0.25) is 0 Å². The van der Waals surface area contributed by atoms with Gasteiger partial charge in [0.2, 0.25) is 0 Å². The van der Waals surface area contributed by atoms with E-state index in [2.05, 4.69) is 58.1 Å². The monoisotopic (exact) mass is 538 g/mol. The second kappa shape index (κ2) is 15.5. The first-order chi connectivity index (χ1) is 18.7. The van der Waals surface area contributed by atoms with Crippen molar-refractivity contribution in [3.63, 3.8) is 0 Å². The third-order valence-corrected chi connectivity index (χ3v) is 6.85. The van der Waals surface area contributed by atoms with E-state index in [1.54, 1.807) is 0 Å². The smallest absolute Gasteiger partial charge is 0.407 e. The zero-order valence-electron chi connectivity index (χ0n) is 23.9. The zero-order chi connectivity index (χ0) is 28.1. The third-order valence-electron chi connectivity index (χ3n) is 6.85. The van der Waals surface area contributed by atoms with Gasteiger partial charge in [0.1, 0.15) is 12.2 Å². The highest BCUT2D eigenvalue weighted by Gasteiger charge is 2.26. The molecular weight excluding hydrogens is 492 g/mol. The second-order valence-electron chi connectivity index (χ2n) is 11.3. The zero-order valence-corrected chi connectivity index (χ0v) is 23.9. The highest BCUT2D eigenvalue weighted by Crippen LogP contribution is 2.22. The van der Waals surface area contributed by atoms with Gasteiger partial charge in [0.05, 0.1) is 0 Å². The van der Waals surface area contributed by atoms with Crippen LogP contribution in [0.1, 0.15) is 64.0 Å². The number of ether oxygens (including phenoxy) is 2. The number of alkyl carbamates (subject to hydrolysis) is 2. The van der Waals surface area contributed by atoms with Crippen LogP contribution in [0.5, 0.6) is 0 Å². The first-order valence-corrected chi connectivity index (χ1v) is 14.2. The predicted molar refractivity (Wildman–Crippen MR) is 155 cm³/mol. The van der Waals surface area contributed by atoms with Crippen molar-refractivity contribution in [2.75, 3.05) is 32.7 Å². The molecule has 3 atom stereocenters. The van der Waals surface area contributed by atoms with E-state index in [0.717, 1.165) is 44.5 Å². The maximum Gasteiger partial charge on any atom is 0.407 e. The number of nitrogens with zero attached hydrogens (tertiary/aromatic N) is 1. The molecule has 1 aliphatic rings. The van der Waals surface area contributed by atoms with Crippen LogP contribution >= 0.6 is 0 Å². The molecule has 8 heteroatoms. The summed E-state index contributed by atoms with van der Waals surface area (Å²) in [7, 11) is 0. The SMILES string of the molecule is CCC(CN1CC[C@@H](CNC(=O)OCc2ccccc2)N[C@@H](CCNC(=O)OC(C)(C)C)C1)c1ccccc1. The van der Waals surface area contributed by atoms with Crippen LogP contribution in [0.15, 0.2) is 60.7 Å². The fourth-order valence-electron chi connectivity index (χ4n) is 4.86. The van der Waals surface area contributed by atoms with Crippen LogP contribution < -0.4 is 16.0 Å². The highest BCUT2D eigenvalue weighted by molar-refractivity contribution is 5.67. The Morgan fingerprint density at radius 3 is 2.36 bits per heavy atom. The van der Waals surface area contributed by atoms with Gasteiger partial charge >= 0.3 is 12.2 Å². The van der Waals surface area contributed by atoms with E-state index >= 15 is 0 Å². The summed E-state index contributed by atoms with van der Waals surface area (Å²) in [4.78, 5) is 27.0.